The van der Waals surface area contributed by atoms with Gasteiger partial charge in [-0.2, -0.15) is 0 Å². The van der Waals surface area contributed by atoms with Gasteiger partial charge in [0.2, 0.25) is 0 Å². The number of hydrogen-bond acceptors (Lipinski definition) is 6. The number of hydrogen-bond donors (Lipinski definition) is 4. The molecule has 1 heterocycles. The molecule has 0 amide bonds. The van der Waals surface area contributed by atoms with Crippen molar-refractivity contribution >= 4 is 23.3 Å². The lowest BCUT2D eigenvalue weighted by molar-refractivity contribution is -0.292. The molecule has 0 bridgehead atoms. The van der Waals surface area contributed by atoms with Crippen LogP contribution in [-0.4, -0.2) is 32.6 Å². The normalized spacial score (nSPS) is 14.6. The van der Waals surface area contributed by atoms with Crippen molar-refractivity contribution in [3.8, 4) is 0 Å². The molecule has 100 valence electrons. The van der Waals surface area contributed by atoms with Crippen molar-refractivity contribution in [1.29, 1.82) is 0 Å². The first-order valence-electron chi connectivity index (χ1n) is 4.84. The molecular weight excluding hydrogens is 258 g/mol. The zero-order chi connectivity index (χ0) is 14.5. The highest BCUT2D eigenvalue weighted by atomic mass is 16.9. The number of carboxylic acid groups (broad SMARTS) is 2. The number of aliphatic carboxylic acids is 2. The molecule has 0 fully saturated rings. The molecule has 0 spiro atoms. The second-order valence-corrected chi connectivity index (χ2v) is 3.26. The lowest BCUT2D eigenvalue weighted by Crippen LogP contribution is -2.32. The molecule has 0 atom stereocenters. The van der Waals surface area contributed by atoms with Crippen molar-refractivity contribution in [3.63, 3.8) is 0 Å². The first-order valence-corrected chi connectivity index (χ1v) is 4.84. The molecule has 1 aliphatic heterocycles. The van der Waals surface area contributed by atoms with Gasteiger partial charge in [-0.05, 0) is 6.07 Å². The maximum Gasteiger partial charge on any atom is 0.328 e. The summed E-state index contributed by atoms with van der Waals surface area (Å²) < 4.78 is 0. The molecule has 0 unspecified atom stereocenters. The van der Waals surface area contributed by atoms with Crippen LogP contribution in [0.3, 0.4) is 0 Å². The van der Waals surface area contributed by atoms with Crippen LogP contribution in [0, 0.1) is 0 Å². The lowest BCUT2D eigenvalue weighted by Gasteiger charge is -2.05. The molecule has 0 saturated carbocycles. The summed E-state index contributed by atoms with van der Waals surface area (Å²) in [5.74, 6) is -2.51. The van der Waals surface area contributed by atoms with Gasteiger partial charge in [0.25, 0.3) is 5.69 Å². The lowest BCUT2D eigenvalue weighted by atomic mass is 10.3. The van der Waals surface area contributed by atoms with E-state index in [2.05, 4.69) is 10.3 Å². The molecule has 1 aromatic carbocycles. The van der Waals surface area contributed by atoms with E-state index in [0.717, 1.165) is 0 Å². The number of fused-ring (bicyclic) bond motifs is 1. The van der Waals surface area contributed by atoms with Gasteiger partial charge in [-0.25, -0.2) is 9.59 Å². The zero-order valence-electron chi connectivity index (χ0n) is 9.41. The fourth-order valence-electron chi connectivity index (χ4n) is 1.10. The average Bonchev–Trinajstić information content (AvgIpc) is 2.65. The average molecular weight is 268 g/mol. The van der Waals surface area contributed by atoms with E-state index in [1.54, 1.807) is 24.3 Å². The number of carboxylic acids is 2. The van der Waals surface area contributed by atoms with E-state index in [4.69, 9.17) is 20.6 Å². The largest absolute Gasteiger partial charge is 0.478 e. The summed E-state index contributed by atoms with van der Waals surface area (Å²) in [5.41, 5.74) is 0.755. The fraction of sp³-hybridized carbons (Fsp3) is 0. The highest BCUT2D eigenvalue weighted by molar-refractivity contribution is 5.89. The summed E-state index contributed by atoms with van der Waals surface area (Å²) in [6.45, 7) is 0. The molecule has 0 radical (unpaired) electrons. The van der Waals surface area contributed by atoms with Crippen LogP contribution in [0.25, 0.3) is 0 Å². The van der Waals surface area contributed by atoms with Crippen LogP contribution in [-0.2, 0) is 9.59 Å². The van der Waals surface area contributed by atoms with Crippen LogP contribution in [0.4, 0.5) is 11.4 Å². The van der Waals surface area contributed by atoms with Crippen LogP contribution in [0.1, 0.15) is 0 Å². The van der Waals surface area contributed by atoms with Crippen LogP contribution >= 0.6 is 0 Å². The highest BCUT2D eigenvalue weighted by Gasteiger charge is 2.36. The molecule has 0 aromatic heterocycles. The standard InChI is InChI=1S/C6H6N3O2.C4H4O4/c10-9(11)6-4-2-1-3-5(6)7-8-9;5-3(6)1-2-4(7)8/h1-4,10-11H;1-2H,(H,5,6)(H,7,8)/q+1;/b;2-1+. The van der Waals surface area contributed by atoms with Crippen LogP contribution < -0.4 is 4.92 Å². The van der Waals surface area contributed by atoms with Crippen molar-refractivity contribution in [2.75, 3.05) is 0 Å². The van der Waals surface area contributed by atoms with E-state index in [9.17, 15) is 9.59 Å². The first kappa shape index (κ1) is 14.4. The second-order valence-electron chi connectivity index (χ2n) is 3.26. The molecule has 4 N–H and O–H groups in total. The maximum atomic E-state index is 9.55. The third-order valence-corrected chi connectivity index (χ3v) is 1.85. The summed E-state index contributed by atoms with van der Waals surface area (Å²) in [6.07, 6.45) is 1.12. The van der Waals surface area contributed by atoms with Gasteiger partial charge in [-0.1, -0.05) is 17.2 Å². The van der Waals surface area contributed by atoms with Gasteiger partial charge in [0.15, 0.2) is 5.69 Å². The van der Waals surface area contributed by atoms with Gasteiger partial charge < -0.3 is 10.2 Å². The summed E-state index contributed by atoms with van der Waals surface area (Å²) >= 11 is 0. The smallest absolute Gasteiger partial charge is 0.328 e. The minimum atomic E-state index is -1.49. The third-order valence-electron chi connectivity index (χ3n) is 1.85. The molecule has 1 aromatic rings. The molecule has 9 nitrogen and oxygen atoms in total. The van der Waals surface area contributed by atoms with Crippen LogP contribution in [0.5, 0.6) is 0 Å². The predicted molar refractivity (Wildman–Crippen MR) is 60.7 cm³/mol. The Morgan fingerprint density at radius 1 is 1.05 bits per heavy atom. The Morgan fingerprint density at radius 2 is 1.58 bits per heavy atom. The van der Waals surface area contributed by atoms with Crippen molar-refractivity contribution in [1.82, 2.24) is 4.92 Å². The highest BCUT2D eigenvalue weighted by Crippen LogP contribution is 2.36. The summed E-state index contributed by atoms with van der Waals surface area (Å²) in [4.78, 5) is 17.6. The van der Waals surface area contributed by atoms with E-state index in [0.29, 0.717) is 17.8 Å². The molecule has 0 saturated heterocycles. The first-order chi connectivity index (χ1) is 8.83. The number of nitrogens with zero attached hydrogens (tertiary/aromatic N) is 3. The molecule has 0 aliphatic carbocycles. The molecule has 19 heavy (non-hydrogen) atoms. The quantitative estimate of drug-likeness (QED) is 0.473. The van der Waals surface area contributed by atoms with Crippen molar-refractivity contribution in [2.45, 2.75) is 0 Å². The van der Waals surface area contributed by atoms with Gasteiger partial charge in [0, 0.05) is 18.2 Å². The van der Waals surface area contributed by atoms with Gasteiger partial charge in [0.1, 0.15) is 10.1 Å². The van der Waals surface area contributed by atoms with E-state index in [1.807, 2.05) is 0 Å². The molecular formula is C10H10N3O6+. The Balaban J connectivity index is 0.000000203. The minimum absolute atomic E-state index is 0.271. The van der Waals surface area contributed by atoms with E-state index in [-0.39, 0.29) is 5.69 Å². The Hall–Kier alpha value is -2.62. The summed E-state index contributed by atoms with van der Waals surface area (Å²) in [6, 6.07) is 6.65. The Kier molecular flexibility index (Phi) is 4.42. The van der Waals surface area contributed by atoms with Crippen LogP contribution in [0.15, 0.2) is 46.8 Å². The van der Waals surface area contributed by atoms with Gasteiger partial charge in [-0.15, -0.1) is 10.4 Å². The Morgan fingerprint density at radius 3 is 2.05 bits per heavy atom. The number of quaternary nitrogens is 1. The fourth-order valence-corrected chi connectivity index (χ4v) is 1.10. The van der Waals surface area contributed by atoms with E-state index < -0.39 is 16.9 Å². The number of rotatable bonds is 2. The number of benzene rings is 1. The molecule has 9 heteroatoms. The third kappa shape index (κ3) is 4.27. The maximum absolute atomic E-state index is 9.55. The van der Waals surface area contributed by atoms with Crippen molar-refractivity contribution in [2.24, 2.45) is 10.3 Å². The number of carbonyl (C=O) groups is 2. The topological polar surface area (TPSA) is 140 Å². The van der Waals surface area contributed by atoms with Crippen molar-refractivity contribution < 1.29 is 30.2 Å². The molecule has 1 aliphatic rings. The van der Waals surface area contributed by atoms with Gasteiger partial charge >= 0.3 is 11.9 Å². The SMILES string of the molecule is O=C(O)/C=C/C(=O)O.O[N+]1(O)N=Nc2ccccc21. The second kappa shape index (κ2) is 5.82. The van der Waals surface area contributed by atoms with E-state index in [1.165, 1.54) is 0 Å². The predicted octanol–water partition coefficient (Wildman–Crippen LogP) is 1.50. The van der Waals surface area contributed by atoms with Gasteiger partial charge in [0.05, 0.1) is 0 Å². The van der Waals surface area contributed by atoms with Gasteiger partial charge in [-0.3, -0.25) is 0 Å². The number of para-hydroxylation sites is 1. The monoisotopic (exact) mass is 268 g/mol. The minimum Gasteiger partial charge on any atom is -0.478 e. The Labute approximate surface area is 106 Å². The summed E-state index contributed by atoms with van der Waals surface area (Å²) in [7, 11) is 0. The van der Waals surface area contributed by atoms with Crippen molar-refractivity contribution in [3.05, 3.63) is 36.4 Å². The Bertz CT molecular complexity index is 536. The van der Waals surface area contributed by atoms with E-state index >= 15 is 0 Å². The van der Waals surface area contributed by atoms with Crippen LogP contribution in [0.2, 0.25) is 0 Å². The zero-order valence-corrected chi connectivity index (χ0v) is 9.41. The molecule has 2 rings (SSSR count). The summed E-state index contributed by atoms with van der Waals surface area (Å²) in [5, 5.41) is 40.5.